The Kier molecular flexibility index (Phi) is 2.83. The fraction of sp³-hybridized carbons (Fsp3) is 0.750. The van der Waals surface area contributed by atoms with Crippen molar-refractivity contribution in [2.75, 3.05) is 0 Å². The van der Waals surface area contributed by atoms with E-state index in [1.807, 2.05) is 6.92 Å². The molecule has 0 radical (unpaired) electrons. The van der Waals surface area contributed by atoms with Gasteiger partial charge in [-0.3, -0.25) is 4.68 Å². The Morgan fingerprint density at radius 1 is 1.67 bits per heavy atom. The summed E-state index contributed by atoms with van der Waals surface area (Å²) in [5.41, 5.74) is 8.59. The van der Waals surface area contributed by atoms with Gasteiger partial charge in [0.05, 0.1) is 5.69 Å². The summed E-state index contributed by atoms with van der Waals surface area (Å²) in [6.07, 6.45) is 2.28. The number of hydrogen-bond acceptors (Lipinski definition) is 2. The van der Waals surface area contributed by atoms with Gasteiger partial charge in [0, 0.05) is 24.7 Å². The first kappa shape index (κ1) is 10.7. The first-order valence-corrected chi connectivity index (χ1v) is 5.90. The minimum atomic E-state index is 0.321. The highest BCUT2D eigenvalue weighted by Crippen LogP contribution is 2.40. The Labute approximate surface area is 91.7 Å². The van der Waals surface area contributed by atoms with E-state index in [-0.39, 0.29) is 0 Å². The molecule has 3 heteroatoms. The van der Waals surface area contributed by atoms with Crippen LogP contribution in [0.25, 0.3) is 0 Å². The third kappa shape index (κ3) is 2.23. The van der Waals surface area contributed by atoms with Crippen LogP contribution in [0.5, 0.6) is 0 Å². The molecule has 0 saturated heterocycles. The molecule has 1 heterocycles. The van der Waals surface area contributed by atoms with Gasteiger partial charge in [-0.15, -0.1) is 0 Å². The Morgan fingerprint density at radius 3 is 2.87 bits per heavy atom. The van der Waals surface area contributed by atoms with Crippen LogP contribution in [-0.2, 0) is 13.0 Å². The van der Waals surface area contributed by atoms with Crippen LogP contribution < -0.4 is 5.73 Å². The second-order valence-corrected chi connectivity index (χ2v) is 4.84. The summed E-state index contributed by atoms with van der Waals surface area (Å²) in [5, 5.41) is 4.44. The van der Waals surface area contributed by atoms with Gasteiger partial charge in [-0.05, 0) is 38.2 Å². The lowest BCUT2D eigenvalue weighted by atomic mass is 10.1. The zero-order chi connectivity index (χ0) is 11.0. The lowest BCUT2D eigenvalue weighted by Gasteiger charge is -2.11. The van der Waals surface area contributed by atoms with E-state index >= 15 is 0 Å². The van der Waals surface area contributed by atoms with Crippen LogP contribution in [0.1, 0.15) is 31.7 Å². The van der Waals surface area contributed by atoms with Crippen molar-refractivity contribution in [3.63, 3.8) is 0 Å². The third-order valence-corrected chi connectivity index (χ3v) is 3.45. The Balaban J connectivity index is 2.03. The zero-order valence-electron chi connectivity index (χ0n) is 9.90. The first-order valence-electron chi connectivity index (χ1n) is 5.90. The highest BCUT2D eigenvalue weighted by atomic mass is 15.3. The molecule has 2 rings (SSSR count). The van der Waals surface area contributed by atoms with Gasteiger partial charge in [-0.1, -0.05) is 6.92 Å². The summed E-state index contributed by atoms with van der Waals surface area (Å²) in [7, 11) is 0. The first-order chi connectivity index (χ1) is 7.11. The highest BCUT2D eigenvalue weighted by Gasteiger charge is 2.37. The number of aromatic nitrogens is 2. The lowest BCUT2D eigenvalue weighted by molar-refractivity contribution is 0.524. The fourth-order valence-corrected chi connectivity index (χ4v) is 2.38. The molecule has 0 spiro atoms. The summed E-state index contributed by atoms with van der Waals surface area (Å²) in [4.78, 5) is 0. The molecular formula is C12H21N3. The smallest absolute Gasteiger partial charge is 0.0596 e. The van der Waals surface area contributed by atoms with E-state index < -0.39 is 0 Å². The van der Waals surface area contributed by atoms with Crippen LogP contribution in [0.2, 0.25) is 0 Å². The van der Waals surface area contributed by atoms with Gasteiger partial charge in [0.1, 0.15) is 0 Å². The van der Waals surface area contributed by atoms with Crippen molar-refractivity contribution in [3.05, 3.63) is 17.5 Å². The molecule has 1 aromatic heterocycles. The summed E-state index contributed by atoms with van der Waals surface area (Å²) >= 11 is 0. The summed E-state index contributed by atoms with van der Waals surface area (Å²) in [6, 6.07) is 2.48. The van der Waals surface area contributed by atoms with E-state index in [0.29, 0.717) is 6.04 Å². The number of rotatable bonds is 4. The predicted octanol–water partition coefficient (Wildman–Crippen LogP) is 1.74. The maximum absolute atomic E-state index is 6.19. The van der Waals surface area contributed by atoms with Gasteiger partial charge in [-0.2, -0.15) is 5.10 Å². The summed E-state index contributed by atoms with van der Waals surface area (Å²) in [6.45, 7) is 7.39. The number of nitrogens with zero attached hydrogens (tertiary/aromatic N) is 2. The Morgan fingerprint density at radius 2 is 2.33 bits per heavy atom. The average molecular weight is 207 g/mol. The molecule has 3 unspecified atom stereocenters. The van der Waals surface area contributed by atoms with E-state index in [1.165, 1.54) is 12.1 Å². The van der Waals surface area contributed by atoms with Gasteiger partial charge in [0.2, 0.25) is 0 Å². The van der Waals surface area contributed by atoms with E-state index in [9.17, 15) is 0 Å². The SMILES string of the molecule is CCn1nc(C)cc1CC(N)C1CC1C. The van der Waals surface area contributed by atoms with E-state index in [2.05, 4.69) is 29.7 Å². The number of hydrogen-bond donors (Lipinski definition) is 1. The molecule has 1 fully saturated rings. The lowest BCUT2D eigenvalue weighted by Crippen LogP contribution is -2.27. The molecule has 0 aromatic carbocycles. The molecule has 15 heavy (non-hydrogen) atoms. The average Bonchev–Trinajstić information content (AvgIpc) is 2.80. The maximum atomic E-state index is 6.19. The third-order valence-electron chi connectivity index (χ3n) is 3.45. The Hall–Kier alpha value is -0.830. The molecule has 1 saturated carbocycles. The molecule has 0 amide bonds. The standard InChI is InChI=1S/C12H21N3/c1-4-15-10(6-9(3)14-15)7-12(13)11-5-8(11)2/h6,8,11-12H,4-5,7,13H2,1-3H3. The highest BCUT2D eigenvalue weighted by molar-refractivity contribution is 5.11. The van der Waals surface area contributed by atoms with Gasteiger partial charge < -0.3 is 5.73 Å². The van der Waals surface area contributed by atoms with Crippen molar-refractivity contribution < 1.29 is 0 Å². The largest absolute Gasteiger partial charge is 0.327 e. The maximum Gasteiger partial charge on any atom is 0.0596 e. The second kappa shape index (κ2) is 3.97. The molecule has 1 aliphatic carbocycles. The minimum Gasteiger partial charge on any atom is -0.327 e. The molecule has 84 valence electrons. The van der Waals surface area contributed by atoms with E-state index in [1.54, 1.807) is 0 Å². The minimum absolute atomic E-state index is 0.321. The van der Waals surface area contributed by atoms with E-state index in [4.69, 9.17) is 5.73 Å². The zero-order valence-corrected chi connectivity index (χ0v) is 9.90. The fourth-order valence-electron chi connectivity index (χ4n) is 2.38. The van der Waals surface area contributed by atoms with Crippen molar-refractivity contribution in [2.24, 2.45) is 17.6 Å². The van der Waals surface area contributed by atoms with Crippen LogP contribution in [0.4, 0.5) is 0 Å². The van der Waals surface area contributed by atoms with Gasteiger partial charge in [0.25, 0.3) is 0 Å². The van der Waals surface area contributed by atoms with Crippen molar-refractivity contribution >= 4 is 0 Å². The Bertz CT molecular complexity index is 343. The molecule has 3 nitrogen and oxygen atoms in total. The molecular weight excluding hydrogens is 186 g/mol. The normalized spacial score (nSPS) is 26.7. The van der Waals surface area contributed by atoms with Gasteiger partial charge in [-0.25, -0.2) is 0 Å². The molecule has 1 aromatic rings. The van der Waals surface area contributed by atoms with Gasteiger partial charge in [0.15, 0.2) is 0 Å². The molecule has 0 aliphatic heterocycles. The molecule has 3 atom stereocenters. The van der Waals surface area contributed by atoms with Crippen LogP contribution in [0, 0.1) is 18.8 Å². The molecule has 2 N–H and O–H groups in total. The van der Waals surface area contributed by atoms with Crippen LogP contribution in [0.15, 0.2) is 6.07 Å². The van der Waals surface area contributed by atoms with Crippen molar-refractivity contribution in [1.82, 2.24) is 9.78 Å². The summed E-state index contributed by atoms with van der Waals surface area (Å²) < 4.78 is 2.07. The number of aryl methyl sites for hydroxylation is 2. The monoisotopic (exact) mass is 207 g/mol. The van der Waals surface area contributed by atoms with Crippen molar-refractivity contribution in [1.29, 1.82) is 0 Å². The predicted molar refractivity (Wildman–Crippen MR) is 61.6 cm³/mol. The van der Waals surface area contributed by atoms with Crippen LogP contribution >= 0.6 is 0 Å². The molecule has 1 aliphatic rings. The van der Waals surface area contributed by atoms with E-state index in [0.717, 1.165) is 30.5 Å². The summed E-state index contributed by atoms with van der Waals surface area (Å²) in [5.74, 6) is 1.57. The van der Waals surface area contributed by atoms with Crippen LogP contribution in [0.3, 0.4) is 0 Å². The van der Waals surface area contributed by atoms with Crippen molar-refractivity contribution in [3.8, 4) is 0 Å². The molecule has 0 bridgehead atoms. The van der Waals surface area contributed by atoms with Crippen LogP contribution in [-0.4, -0.2) is 15.8 Å². The quantitative estimate of drug-likeness (QED) is 0.817. The topological polar surface area (TPSA) is 43.8 Å². The number of nitrogens with two attached hydrogens (primary N) is 1. The van der Waals surface area contributed by atoms with Crippen molar-refractivity contribution in [2.45, 2.75) is 46.2 Å². The second-order valence-electron chi connectivity index (χ2n) is 4.84. The van der Waals surface area contributed by atoms with Gasteiger partial charge >= 0.3 is 0 Å².